The van der Waals surface area contributed by atoms with E-state index in [4.69, 9.17) is 4.74 Å². The molecule has 0 bridgehead atoms. The zero-order valence-electron chi connectivity index (χ0n) is 21.2. The van der Waals surface area contributed by atoms with Crippen LogP contribution in [0.3, 0.4) is 0 Å². The number of ether oxygens (including phenoxy) is 1. The summed E-state index contributed by atoms with van der Waals surface area (Å²) in [7, 11) is -2.24. The summed E-state index contributed by atoms with van der Waals surface area (Å²) >= 11 is 0. The summed E-state index contributed by atoms with van der Waals surface area (Å²) in [5.41, 5.74) is 1.37. The number of hydrogen-bond acceptors (Lipinski definition) is 5. The van der Waals surface area contributed by atoms with Crippen molar-refractivity contribution in [2.24, 2.45) is 5.92 Å². The molecule has 2 amide bonds. The topological polar surface area (TPSA) is 96.0 Å². The van der Waals surface area contributed by atoms with Crippen LogP contribution in [0.2, 0.25) is 0 Å². The number of sulfonamides is 1. The molecular formula is C26H37N3O5S. The minimum absolute atomic E-state index is 0.238. The van der Waals surface area contributed by atoms with E-state index in [1.54, 1.807) is 24.3 Å². The predicted octanol–water partition coefficient (Wildman–Crippen LogP) is 3.08. The first-order valence-corrected chi connectivity index (χ1v) is 13.6. The number of nitrogens with one attached hydrogen (secondary N) is 1. The maximum atomic E-state index is 13.6. The highest BCUT2D eigenvalue weighted by atomic mass is 32.2. The Balaban J connectivity index is 2.33. The van der Waals surface area contributed by atoms with E-state index < -0.39 is 28.5 Å². The third-order valence-electron chi connectivity index (χ3n) is 5.59. The highest BCUT2D eigenvalue weighted by Gasteiger charge is 2.31. The maximum absolute atomic E-state index is 13.6. The van der Waals surface area contributed by atoms with Crippen LogP contribution < -0.4 is 14.4 Å². The zero-order valence-corrected chi connectivity index (χ0v) is 22.0. The van der Waals surface area contributed by atoms with Gasteiger partial charge in [0.1, 0.15) is 18.3 Å². The second-order valence-electron chi connectivity index (χ2n) is 8.85. The quantitative estimate of drug-likeness (QED) is 0.453. The van der Waals surface area contributed by atoms with Crippen LogP contribution in [-0.4, -0.2) is 64.2 Å². The molecule has 0 heterocycles. The molecule has 0 unspecified atom stereocenters. The van der Waals surface area contributed by atoms with Crippen LogP contribution in [0.1, 0.15) is 32.8 Å². The van der Waals surface area contributed by atoms with Crippen molar-refractivity contribution >= 4 is 27.5 Å². The molecule has 0 saturated carbocycles. The van der Waals surface area contributed by atoms with Gasteiger partial charge in [-0.05, 0) is 48.6 Å². The lowest BCUT2D eigenvalue weighted by Crippen LogP contribution is -2.53. The fourth-order valence-electron chi connectivity index (χ4n) is 3.68. The van der Waals surface area contributed by atoms with Crippen molar-refractivity contribution in [3.8, 4) is 5.75 Å². The second kappa shape index (κ2) is 13.1. The normalized spacial score (nSPS) is 12.2. The number of methoxy groups -OCH3 is 1. The molecule has 9 heteroatoms. The monoisotopic (exact) mass is 503 g/mol. The van der Waals surface area contributed by atoms with Gasteiger partial charge in [0.15, 0.2) is 0 Å². The lowest BCUT2D eigenvalue weighted by molar-refractivity contribution is -0.139. The van der Waals surface area contributed by atoms with Crippen LogP contribution >= 0.6 is 0 Å². The van der Waals surface area contributed by atoms with Crippen molar-refractivity contribution < 1.29 is 22.7 Å². The molecule has 192 valence electrons. The molecule has 35 heavy (non-hydrogen) atoms. The number of amides is 2. The summed E-state index contributed by atoms with van der Waals surface area (Å²) in [5, 5.41) is 2.92. The SMILES string of the molecule is CC[C@H](C(=O)NCC(C)C)N(CCc1ccccc1)C(=O)CN(c1ccc(OC)cc1)S(C)(=O)=O. The highest BCUT2D eigenvalue weighted by Crippen LogP contribution is 2.22. The van der Waals surface area contributed by atoms with Gasteiger partial charge in [0.2, 0.25) is 21.8 Å². The summed E-state index contributed by atoms with van der Waals surface area (Å²) in [5.74, 6) is 0.165. The molecular weight excluding hydrogens is 466 g/mol. The van der Waals surface area contributed by atoms with Crippen molar-refractivity contribution in [3.05, 3.63) is 60.2 Å². The Bertz CT molecular complexity index is 1060. The van der Waals surface area contributed by atoms with Crippen molar-refractivity contribution in [3.63, 3.8) is 0 Å². The Morgan fingerprint density at radius 1 is 1.03 bits per heavy atom. The molecule has 0 aliphatic rings. The van der Waals surface area contributed by atoms with E-state index in [1.807, 2.05) is 51.1 Å². The van der Waals surface area contributed by atoms with Gasteiger partial charge >= 0.3 is 0 Å². The molecule has 2 aromatic rings. The van der Waals surface area contributed by atoms with Gasteiger partial charge in [0, 0.05) is 13.1 Å². The van der Waals surface area contributed by atoms with E-state index in [0.29, 0.717) is 30.8 Å². The number of hydrogen-bond donors (Lipinski definition) is 1. The van der Waals surface area contributed by atoms with Crippen LogP contribution in [-0.2, 0) is 26.0 Å². The van der Waals surface area contributed by atoms with Crippen LogP contribution in [0.4, 0.5) is 5.69 Å². The van der Waals surface area contributed by atoms with Gasteiger partial charge in [-0.25, -0.2) is 8.42 Å². The molecule has 8 nitrogen and oxygen atoms in total. The lowest BCUT2D eigenvalue weighted by atomic mass is 10.1. The third kappa shape index (κ3) is 8.58. The first kappa shape index (κ1) is 28.2. The van der Waals surface area contributed by atoms with Crippen LogP contribution in [0.25, 0.3) is 0 Å². The lowest BCUT2D eigenvalue weighted by Gasteiger charge is -2.33. The van der Waals surface area contributed by atoms with E-state index in [1.165, 1.54) is 12.0 Å². The molecule has 2 rings (SSSR count). The number of benzene rings is 2. The molecule has 2 aromatic carbocycles. The number of nitrogens with zero attached hydrogens (tertiary/aromatic N) is 2. The van der Waals surface area contributed by atoms with E-state index >= 15 is 0 Å². The van der Waals surface area contributed by atoms with Gasteiger partial charge < -0.3 is 15.0 Å². The highest BCUT2D eigenvalue weighted by molar-refractivity contribution is 7.92. The standard InChI is InChI=1S/C26H37N3O5S/c1-6-24(26(31)27-18-20(2)3)28(17-16-21-10-8-7-9-11-21)25(30)19-29(35(5,32)33)22-12-14-23(34-4)15-13-22/h7-15,20,24H,6,16-19H2,1-5H3,(H,27,31)/t24-/m1/s1. The average Bonchev–Trinajstić information content (AvgIpc) is 2.83. The molecule has 1 atom stereocenters. The van der Waals surface area contributed by atoms with E-state index in [9.17, 15) is 18.0 Å². The summed E-state index contributed by atoms with van der Waals surface area (Å²) in [6, 6.07) is 15.4. The van der Waals surface area contributed by atoms with Gasteiger partial charge in [0.25, 0.3) is 0 Å². The molecule has 0 aliphatic heterocycles. The first-order chi connectivity index (χ1) is 16.6. The third-order valence-corrected chi connectivity index (χ3v) is 6.73. The van der Waals surface area contributed by atoms with Crippen LogP contribution in [0.15, 0.2) is 54.6 Å². The molecule has 0 aliphatic carbocycles. The predicted molar refractivity (Wildman–Crippen MR) is 139 cm³/mol. The molecule has 0 fully saturated rings. The van der Waals surface area contributed by atoms with E-state index in [0.717, 1.165) is 16.1 Å². The smallest absolute Gasteiger partial charge is 0.244 e. The number of carbonyl (C=O) groups excluding carboxylic acids is 2. The van der Waals surface area contributed by atoms with Crippen molar-refractivity contribution in [2.75, 3.05) is 37.3 Å². The molecule has 0 spiro atoms. The summed E-state index contributed by atoms with van der Waals surface area (Å²) in [6.45, 7) is 6.22. The summed E-state index contributed by atoms with van der Waals surface area (Å²) in [6.07, 6.45) is 2.01. The number of anilines is 1. The Morgan fingerprint density at radius 3 is 2.17 bits per heavy atom. The first-order valence-electron chi connectivity index (χ1n) is 11.8. The van der Waals surface area contributed by atoms with Gasteiger partial charge in [-0.2, -0.15) is 0 Å². The van der Waals surface area contributed by atoms with Crippen LogP contribution in [0, 0.1) is 5.92 Å². The fraction of sp³-hybridized carbons (Fsp3) is 0.462. The molecule has 0 radical (unpaired) electrons. The molecule has 0 saturated heterocycles. The van der Waals surface area contributed by atoms with Crippen LogP contribution in [0.5, 0.6) is 5.75 Å². The summed E-state index contributed by atoms with van der Waals surface area (Å²) < 4.78 is 31.4. The number of rotatable bonds is 13. The fourth-order valence-corrected chi connectivity index (χ4v) is 4.53. The van der Waals surface area contributed by atoms with Gasteiger partial charge in [-0.1, -0.05) is 51.1 Å². The van der Waals surface area contributed by atoms with E-state index in [-0.39, 0.29) is 18.4 Å². The molecule has 0 aromatic heterocycles. The van der Waals surface area contributed by atoms with Gasteiger partial charge in [-0.15, -0.1) is 0 Å². The van der Waals surface area contributed by atoms with Gasteiger partial charge in [0.05, 0.1) is 19.1 Å². The van der Waals surface area contributed by atoms with E-state index in [2.05, 4.69) is 5.32 Å². The number of carbonyl (C=O) groups is 2. The second-order valence-corrected chi connectivity index (χ2v) is 10.8. The van der Waals surface area contributed by atoms with Crippen molar-refractivity contribution in [2.45, 2.75) is 39.7 Å². The minimum atomic E-state index is -3.76. The molecule has 1 N–H and O–H groups in total. The van der Waals surface area contributed by atoms with Crippen molar-refractivity contribution in [1.29, 1.82) is 0 Å². The largest absolute Gasteiger partial charge is 0.497 e. The Labute approximate surface area is 209 Å². The zero-order chi connectivity index (χ0) is 26.0. The Hall–Kier alpha value is -3.07. The van der Waals surface area contributed by atoms with Crippen molar-refractivity contribution in [1.82, 2.24) is 10.2 Å². The average molecular weight is 504 g/mol. The summed E-state index contributed by atoms with van der Waals surface area (Å²) in [4.78, 5) is 28.1. The maximum Gasteiger partial charge on any atom is 0.244 e. The Morgan fingerprint density at radius 2 is 1.66 bits per heavy atom. The minimum Gasteiger partial charge on any atom is -0.497 e. The van der Waals surface area contributed by atoms with Gasteiger partial charge in [-0.3, -0.25) is 13.9 Å². The Kier molecular flexibility index (Phi) is 10.6.